The number of carbonyl (C=O) groups is 2. The molecule has 4 heterocycles. The van der Waals surface area contributed by atoms with Gasteiger partial charge in [0.2, 0.25) is 0 Å². The lowest BCUT2D eigenvalue weighted by Crippen LogP contribution is -2.64. The maximum atomic E-state index is 12.7. The van der Waals surface area contributed by atoms with E-state index in [0.717, 1.165) is 12.2 Å². The highest BCUT2D eigenvalue weighted by molar-refractivity contribution is 5.82. The topological polar surface area (TPSA) is 461 Å². The van der Waals surface area contributed by atoms with Crippen molar-refractivity contribution < 1.29 is 139 Å². The summed E-state index contributed by atoms with van der Waals surface area (Å²) in [6.45, 7) is -2.07. The van der Waals surface area contributed by atoms with Crippen molar-refractivity contribution in [2.45, 2.75) is 236 Å². The summed E-state index contributed by atoms with van der Waals surface area (Å²) in [5.41, 5.74) is 0. The summed E-state index contributed by atoms with van der Waals surface area (Å²) in [5.74, 6) is -3.84. The number of rotatable bonds is 16. The molecule has 28 heteroatoms. The number of esters is 2. The molecule has 8 fully saturated rings. The molecular weight excluding hydrogens is 1060 g/mol. The van der Waals surface area contributed by atoms with Crippen molar-refractivity contribution in [3.8, 4) is 0 Å². The number of aliphatic hydroxyl groups is 17. The summed E-state index contributed by atoms with van der Waals surface area (Å²) in [7, 11) is 0. The molecule has 0 aromatic rings. The summed E-state index contributed by atoms with van der Waals surface area (Å²) in [6, 6.07) is 0. The number of ether oxygens (including phenoxy) is 9. The van der Waals surface area contributed by atoms with Gasteiger partial charge in [-0.15, -0.1) is 0 Å². The predicted octanol–water partition coefficient (Wildman–Crippen LogP) is -7.14. The second kappa shape index (κ2) is 27.4. The minimum absolute atomic E-state index is 0.0224. The molecule has 0 bridgehead atoms. The van der Waals surface area contributed by atoms with E-state index in [4.69, 9.17) is 42.6 Å². The van der Waals surface area contributed by atoms with E-state index in [1.54, 1.807) is 0 Å². The largest absolute Gasteiger partial charge is 0.460 e. The number of hydrogen-bond acceptors (Lipinski definition) is 28. The van der Waals surface area contributed by atoms with Crippen LogP contribution < -0.4 is 0 Å². The first-order chi connectivity index (χ1) is 37.5. The highest BCUT2D eigenvalue weighted by atomic mass is 16.7. The van der Waals surface area contributed by atoms with Gasteiger partial charge in [-0.2, -0.15) is 0 Å². The minimum Gasteiger partial charge on any atom is -0.460 e. The molecule has 4 aliphatic carbocycles. The maximum absolute atomic E-state index is 12.7. The standard InChI is InChI=1S/C51H80O28/c52-16-33-39(62)42(65)45(68)51(77-33)76-32-15-23-29(13-22(53)14-30(23)74-49-46(69)43(66)40(63)34(78-49)17-71-36(59)7-3-19-1-5-24(54)26(56)9-19)73-48(32)21-11-28(58)38(61)31(12-21)75-50-47(70)44(67)41(64)35(79-50)18-72-37(60)8-4-20-2-6-25(55)27(57)10-20/h3-4,7-8,19-35,38-58,61-70H,1-2,5-6,9-18H2/t19?,20?,21?,22?,23?,24?,25?,26?,27?,28?,29?,30?,31?,32?,33-,34-,35-,38?,39-,40-,41-,42+,43+,44+,45-,46-,47-,48?,49-,50-,51-/m1/s1. The monoisotopic (exact) mass is 1140 g/mol. The van der Waals surface area contributed by atoms with Crippen LogP contribution in [0.3, 0.4) is 0 Å². The molecule has 4 aliphatic heterocycles. The van der Waals surface area contributed by atoms with E-state index in [0.29, 0.717) is 25.7 Å². The summed E-state index contributed by atoms with van der Waals surface area (Å²) >= 11 is 0. The van der Waals surface area contributed by atoms with E-state index in [1.165, 1.54) is 12.2 Å². The van der Waals surface area contributed by atoms with Crippen LogP contribution in [-0.2, 0) is 52.2 Å². The van der Waals surface area contributed by atoms with Gasteiger partial charge in [0.25, 0.3) is 0 Å². The van der Waals surface area contributed by atoms with Crippen LogP contribution >= 0.6 is 0 Å². The molecule has 452 valence electrons. The van der Waals surface area contributed by atoms with Crippen molar-refractivity contribution in [3.63, 3.8) is 0 Å². The van der Waals surface area contributed by atoms with Gasteiger partial charge in [0.15, 0.2) is 18.9 Å². The Bertz CT molecular complexity index is 2020. The fourth-order valence-corrected chi connectivity index (χ4v) is 12.3. The van der Waals surface area contributed by atoms with Crippen molar-refractivity contribution in [3.05, 3.63) is 24.3 Å². The van der Waals surface area contributed by atoms with Crippen LogP contribution in [0.2, 0.25) is 0 Å². The third kappa shape index (κ3) is 14.9. The highest BCUT2D eigenvalue weighted by Crippen LogP contribution is 2.46. The molecule has 0 aromatic carbocycles. The molecule has 8 aliphatic rings. The number of hydrogen-bond donors (Lipinski definition) is 17. The molecule has 0 radical (unpaired) electrons. The second-order valence-corrected chi connectivity index (χ2v) is 22.6. The lowest BCUT2D eigenvalue weighted by Gasteiger charge is -2.53. The van der Waals surface area contributed by atoms with Crippen molar-refractivity contribution in [2.75, 3.05) is 19.8 Å². The molecule has 31 atom stereocenters. The van der Waals surface area contributed by atoms with Gasteiger partial charge in [-0.25, -0.2) is 9.59 Å². The average Bonchev–Trinajstić information content (AvgIpc) is 3.44. The number of aliphatic hydroxyl groups excluding tert-OH is 17. The molecule has 0 aromatic heterocycles. The SMILES string of the molecule is O=C(C=CC1CCC(O)C(O)C1)OC[C@H]1O[C@@H](OC2CC(C3OC4CC(O)CC(O[C@@H]5O[C@H](COC(=O)C=CC6CCC(O)C(O)C6)[C@@H](O)[C@H](O)[C@H]5O)C4CC3O[C@@H]3O[C@H](CO)[C@@H](O)[C@H](O)[C@H]3O)CC(O)C2O)[C@H](O)[C@@H](O)[C@@H]1O. The van der Waals surface area contributed by atoms with Gasteiger partial charge in [-0.1, -0.05) is 12.2 Å². The van der Waals surface area contributed by atoms with Gasteiger partial charge in [0.05, 0.1) is 73.8 Å². The van der Waals surface area contributed by atoms with Crippen LogP contribution in [0, 0.1) is 23.7 Å². The molecule has 4 saturated carbocycles. The lowest BCUT2D eigenvalue weighted by atomic mass is 9.72. The van der Waals surface area contributed by atoms with E-state index in [1.807, 2.05) is 0 Å². The fourth-order valence-electron chi connectivity index (χ4n) is 12.3. The Balaban J connectivity index is 0.958. The zero-order chi connectivity index (χ0) is 57.1. The Morgan fingerprint density at radius 2 is 0.873 bits per heavy atom. The fraction of sp³-hybridized carbons (Fsp3) is 0.882. The van der Waals surface area contributed by atoms with Gasteiger partial charge >= 0.3 is 11.9 Å². The van der Waals surface area contributed by atoms with Crippen molar-refractivity contribution in [2.24, 2.45) is 23.7 Å². The summed E-state index contributed by atoms with van der Waals surface area (Å²) in [6.07, 6.45) is -33.5. The Morgan fingerprint density at radius 1 is 0.418 bits per heavy atom. The molecule has 8 rings (SSSR count). The third-order valence-corrected chi connectivity index (χ3v) is 17.0. The van der Waals surface area contributed by atoms with E-state index in [-0.39, 0.29) is 56.8 Å². The van der Waals surface area contributed by atoms with Gasteiger partial charge in [-0.05, 0) is 82.0 Å². The predicted molar refractivity (Wildman–Crippen MR) is 257 cm³/mol. The van der Waals surface area contributed by atoms with E-state index in [9.17, 15) is 96.4 Å². The van der Waals surface area contributed by atoms with Crippen LogP contribution in [0.1, 0.15) is 70.6 Å². The normalized spacial score (nSPS) is 50.0. The molecular formula is C51H80O28. The Kier molecular flexibility index (Phi) is 21.7. The van der Waals surface area contributed by atoms with Crippen LogP contribution in [0.25, 0.3) is 0 Å². The van der Waals surface area contributed by atoms with E-state index in [2.05, 4.69) is 0 Å². The van der Waals surface area contributed by atoms with Crippen LogP contribution in [-0.4, -0.2) is 284 Å². The van der Waals surface area contributed by atoms with Crippen LogP contribution in [0.15, 0.2) is 24.3 Å². The van der Waals surface area contributed by atoms with E-state index < -0.39 is 209 Å². The average molecular weight is 1140 g/mol. The molecule has 16 unspecified atom stereocenters. The summed E-state index contributed by atoms with van der Waals surface area (Å²) < 4.78 is 53.4. The van der Waals surface area contributed by atoms with Crippen molar-refractivity contribution in [1.29, 1.82) is 0 Å². The Morgan fingerprint density at radius 3 is 1.35 bits per heavy atom. The number of carbonyl (C=O) groups excluding carboxylic acids is 2. The number of allylic oxidation sites excluding steroid dienone is 2. The highest BCUT2D eigenvalue weighted by Gasteiger charge is 2.56. The molecule has 28 nitrogen and oxygen atoms in total. The molecule has 0 spiro atoms. The first-order valence-electron chi connectivity index (χ1n) is 27.3. The molecule has 17 N–H and O–H groups in total. The van der Waals surface area contributed by atoms with E-state index >= 15 is 0 Å². The van der Waals surface area contributed by atoms with Gasteiger partial charge in [0.1, 0.15) is 92.6 Å². The van der Waals surface area contributed by atoms with Crippen LogP contribution in [0.5, 0.6) is 0 Å². The summed E-state index contributed by atoms with van der Waals surface area (Å²) in [4.78, 5) is 25.4. The third-order valence-electron chi connectivity index (χ3n) is 17.0. The zero-order valence-electron chi connectivity index (χ0n) is 43.2. The molecule has 4 saturated heterocycles. The zero-order valence-corrected chi connectivity index (χ0v) is 43.2. The van der Waals surface area contributed by atoms with Gasteiger partial charge in [-0.3, -0.25) is 0 Å². The Labute approximate surface area is 453 Å². The minimum atomic E-state index is -1.95. The maximum Gasteiger partial charge on any atom is 0.330 e. The smallest absolute Gasteiger partial charge is 0.330 e. The Hall–Kier alpha value is -2.54. The lowest BCUT2D eigenvalue weighted by molar-refractivity contribution is -0.347. The number of fused-ring (bicyclic) bond motifs is 1. The second-order valence-electron chi connectivity index (χ2n) is 22.6. The summed E-state index contributed by atoms with van der Waals surface area (Å²) in [5, 5.41) is 182. The van der Waals surface area contributed by atoms with Crippen molar-refractivity contribution in [1.82, 2.24) is 0 Å². The first-order valence-corrected chi connectivity index (χ1v) is 27.3. The van der Waals surface area contributed by atoms with Crippen LogP contribution in [0.4, 0.5) is 0 Å². The molecule has 79 heavy (non-hydrogen) atoms. The first kappa shape index (κ1) is 62.5. The van der Waals surface area contributed by atoms with Gasteiger partial charge in [0, 0.05) is 24.5 Å². The molecule has 0 amide bonds. The van der Waals surface area contributed by atoms with Gasteiger partial charge < -0.3 is 129 Å². The quantitative estimate of drug-likeness (QED) is 0.0504. The van der Waals surface area contributed by atoms with Crippen molar-refractivity contribution >= 4 is 11.9 Å².